The molecule has 0 unspecified atom stereocenters. The molecule has 0 spiro atoms. The second-order valence-corrected chi connectivity index (χ2v) is 5.01. The van der Waals surface area contributed by atoms with E-state index in [-0.39, 0.29) is 5.91 Å². The maximum absolute atomic E-state index is 12.5. The Balaban J connectivity index is 2.12. The summed E-state index contributed by atoms with van der Waals surface area (Å²) in [5.74, 6) is 0.511. The first-order chi connectivity index (χ1) is 8.74. The van der Waals surface area contributed by atoms with E-state index in [1.165, 1.54) is 12.8 Å². The molecule has 18 heavy (non-hydrogen) atoms. The standard InChI is InChI=1S/C14H22N2O2/c1-11-7-10-18-13(11)14(17)16(9-4-8-15)12-5-2-3-6-12/h7,10,12H,2-6,8-9,15H2,1H3. The Labute approximate surface area is 108 Å². The van der Waals surface area contributed by atoms with Gasteiger partial charge in [-0.1, -0.05) is 12.8 Å². The van der Waals surface area contributed by atoms with E-state index in [0.29, 0.717) is 18.3 Å². The molecule has 1 aromatic rings. The molecule has 1 heterocycles. The monoisotopic (exact) mass is 250 g/mol. The third-order valence-electron chi connectivity index (χ3n) is 3.69. The van der Waals surface area contributed by atoms with Crippen LogP contribution in [0.25, 0.3) is 0 Å². The molecular formula is C14H22N2O2. The molecule has 0 aromatic carbocycles. The van der Waals surface area contributed by atoms with Gasteiger partial charge in [0.25, 0.3) is 5.91 Å². The number of amides is 1. The molecule has 0 aliphatic heterocycles. The van der Waals surface area contributed by atoms with Crippen LogP contribution < -0.4 is 5.73 Å². The summed E-state index contributed by atoms with van der Waals surface area (Å²) >= 11 is 0. The second-order valence-electron chi connectivity index (χ2n) is 5.01. The summed E-state index contributed by atoms with van der Waals surface area (Å²) in [5.41, 5.74) is 6.48. The summed E-state index contributed by atoms with van der Waals surface area (Å²) in [4.78, 5) is 14.5. The van der Waals surface area contributed by atoms with Gasteiger partial charge in [-0.2, -0.15) is 0 Å². The number of aryl methyl sites for hydroxylation is 1. The molecule has 1 fully saturated rings. The predicted molar refractivity (Wildman–Crippen MR) is 70.4 cm³/mol. The van der Waals surface area contributed by atoms with E-state index < -0.39 is 0 Å². The van der Waals surface area contributed by atoms with Crippen LogP contribution in [0, 0.1) is 6.92 Å². The summed E-state index contributed by atoms with van der Waals surface area (Å²) < 4.78 is 5.32. The number of nitrogens with two attached hydrogens (primary N) is 1. The average Bonchev–Trinajstić information content (AvgIpc) is 3.00. The molecule has 1 saturated carbocycles. The van der Waals surface area contributed by atoms with E-state index >= 15 is 0 Å². The SMILES string of the molecule is Cc1ccoc1C(=O)N(CCCN)C1CCCC1. The van der Waals surface area contributed by atoms with Crippen LogP contribution in [0.5, 0.6) is 0 Å². The Morgan fingerprint density at radius 1 is 1.50 bits per heavy atom. The number of hydrogen-bond donors (Lipinski definition) is 1. The third kappa shape index (κ3) is 2.75. The normalized spacial score (nSPS) is 16.1. The summed E-state index contributed by atoms with van der Waals surface area (Å²) in [6.45, 7) is 3.26. The van der Waals surface area contributed by atoms with E-state index in [0.717, 1.165) is 31.4 Å². The van der Waals surface area contributed by atoms with E-state index in [1.54, 1.807) is 6.26 Å². The van der Waals surface area contributed by atoms with Gasteiger partial charge in [0.1, 0.15) is 0 Å². The molecule has 0 atom stereocenters. The summed E-state index contributed by atoms with van der Waals surface area (Å²) in [6, 6.07) is 2.21. The lowest BCUT2D eigenvalue weighted by molar-refractivity contribution is 0.0646. The molecule has 1 aromatic heterocycles. The van der Waals surface area contributed by atoms with E-state index in [1.807, 2.05) is 17.9 Å². The van der Waals surface area contributed by atoms with Gasteiger partial charge in [0.15, 0.2) is 5.76 Å². The van der Waals surface area contributed by atoms with Crippen LogP contribution in [0.1, 0.15) is 48.2 Å². The van der Waals surface area contributed by atoms with Crippen LogP contribution in [0.4, 0.5) is 0 Å². The topological polar surface area (TPSA) is 59.5 Å². The van der Waals surface area contributed by atoms with Crippen LogP contribution in [-0.2, 0) is 0 Å². The van der Waals surface area contributed by atoms with Crippen LogP contribution in [-0.4, -0.2) is 29.9 Å². The minimum atomic E-state index is 0.0258. The number of hydrogen-bond acceptors (Lipinski definition) is 3. The van der Waals surface area contributed by atoms with Gasteiger partial charge in [0, 0.05) is 18.2 Å². The molecule has 4 nitrogen and oxygen atoms in total. The van der Waals surface area contributed by atoms with Crippen molar-refractivity contribution in [3.05, 3.63) is 23.7 Å². The predicted octanol–water partition coefficient (Wildman–Crippen LogP) is 2.32. The van der Waals surface area contributed by atoms with E-state index in [4.69, 9.17) is 10.2 Å². The first-order valence-electron chi connectivity index (χ1n) is 6.79. The van der Waals surface area contributed by atoms with Crippen molar-refractivity contribution in [2.75, 3.05) is 13.1 Å². The van der Waals surface area contributed by atoms with E-state index in [2.05, 4.69) is 0 Å². The van der Waals surface area contributed by atoms with Gasteiger partial charge < -0.3 is 15.1 Å². The zero-order valence-electron chi connectivity index (χ0n) is 11.0. The lowest BCUT2D eigenvalue weighted by Gasteiger charge is -2.28. The Hall–Kier alpha value is -1.29. The molecule has 0 radical (unpaired) electrons. The maximum atomic E-state index is 12.5. The highest BCUT2D eigenvalue weighted by Gasteiger charge is 2.29. The molecule has 4 heteroatoms. The number of carbonyl (C=O) groups is 1. The number of nitrogens with zero attached hydrogens (tertiary/aromatic N) is 1. The first kappa shape index (κ1) is 13.1. The fraction of sp³-hybridized carbons (Fsp3) is 0.643. The molecule has 1 aliphatic rings. The Morgan fingerprint density at radius 2 is 2.22 bits per heavy atom. The van der Waals surface area contributed by atoms with Crippen molar-refractivity contribution in [2.45, 2.75) is 45.1 Å². The van der Waals surface area contributed by atoms with Crippen molar-refractivity contribution in [2.24, 2.45) is 5.73 Å². The molecule has 2 N–H and O–H groups in total. The highest BCUT2D eigenvalue weighted by atomic mass is 16.3. The number of furan rings is 1. The Morgan fingerprint density at radius 3 is 2.78 bits per heavy atom. The van der Waals surface area contributed by atoms with Crippen molar-refractivity contribution in [3.63, 3.8) is 0 Å². The molecule has 1 amide bonds. The number of rotatable bonds is 5. The summed E-state index contributed by atoms with van der Waals surface area (Å²) in [5, 5.41) is 0. The van der Waals surface area contributed by atoms with Crippen LogP contribution in [0.2, 0.25) is 0 Å². The van der Waals surface area contributed by atoms with Crippen molar-refractivity contribution in [3.8, 4) is 0 Å². The summed E-state index contributed by atoms with van der Waals surface area (Å²) in [6.07, 6.45) is 7.08. The Bertz CT molecular complexity index is 394. The molecule has 1 aliphatic carbocycles. The van der Waals surface area contributed by atoms with Gasteiger partial charge in [-0.3, -0.25) is 4.79 Å². The smallest absolute Gasteiger partial charge is 0.290 e. The highest BCUT2D eigenvalue weighted by Crippen LogP contribution is 2.25. The van der Waals surface area contributed by atoms with Crippen LogP contribution >= 0.6 is 0 Å². The Kier molecular flexibility index (Phi) is 4.42. The van der Waals surface area contributed by atoms with Gasteiger partial charge >= 0.3 is 0 Å². The van der Waals surface area contributed by atoms with Gasteiger partial charge in [-0.25, -0.2) is 0 Å². The first-order valence-corrected chi connectivity index (χ1v) is 6.79. The average molecular weight is 250 g/mol. The highest BCUT2D eigenvalue weighted by molar-refractivity contribution is 5.93. The van der Waals surface area contributed by atoms with Crippen molar-refractivity contribution < 1.29 is 9.21 Å². The molecule has 100 valence electrons. The zero-order valence-corrected chi connectivity index (χ0v) is 11.0. The van der Waals surface area contributed by atoms with Crippen molar-refractivity contribution >= 4 is 5.91 Å². The van der Waals surface area contributed by atoms with Crippen LogP contribution in [0.15, 0.2) is 16.7 Å². The van der Waals surface area contributed by atoms with Crippen molar-refractivity contribution in [1.29, 1.82) is 0 Å². The lowest BCUT2D eigenvalue weighted by atomic mass is 10.1. The summed E-state index contributed by atoms with van der Waals surface area (Å²) in [7, 11) is 0. The minimum absolute atomic E-state index is 0.0258. The van der Waals surface area contributed by atoms with E-state index in [9.17, 15) is 4.79 Å². The minimum Gasteiger partial charge on any atom is -0.459 e. The van der Waals surface area contributed by atoms with Crippen molar-refractivity contribution in [1.82, 2.24) is 4.90 Å². The quantitative estimate of drug-likeness (QED) is 0.872. The zero-order chi connectivity index (χ0) is 13.0. The number of carbonyl (C=O) groups excluding carboxylic acids is 1. The second kappa shape index (κ2) is 6.05. The fourth-order valence-corrected chi connectivity index (χ4v) is 2.65. The van der Waals surface area contributed by atoms with Gasteiger partial charge in [0.2, 0.25) is 0 Å². The molecule has 0 saturated heterocycles. The third-order valence-corrected chi connectivity index (χ3v) is 3.69. The van der Waals surface area contributed by atoms with Gasteiger partial charge in [0.05, 0.1) is 6.26 Å². The fourth-order valence-electron chi connectivity index (χ4n) is 2.65. The largest absolute Gasteiger partial charge is 0.459 e. The lowest BCUT2D eigenvalue weighted by Crippen LogP contribution is -2.40. The molecule has 0 bridgehead atoms. The van der Waals surface area contributed by atoms with Crippen LogP contribution in [0.3, 0.4) is 0 Å². The van der Waals surface area contributed by atoms with Gasteiger partial charge in [-0.15, -0.1) is 0 Å². The molecular weight excluding hydrogens is 228 g/mol. The van der Waals surface area contributed by atoms with Gasteiger partial charge in [-0.05, 0) is 38.8 Å². The maximum Gasteiger partial charge on any atom is 0.290 e. The molecule has 2 rings (SSSR count).